The third-order valence-corrected chi connectivity index (χ3v) is 1.82. The van der Waals surface area contributed by atoms with Gasteiger partial charge in [0, 0.05) is 18.7 Å². The predicted octanol–water partition coefficient (Wildman–Crippen LogP) is 0.226. The van der Waals surface area contributed by atoms with Crippen molar-refractivity contribution in [2.75, 3.05) is 18.9 Å². The van der Waals surface area contributed by atoms with E-state index in [4.69, 9.17) is 15.2 Å². The standard InChI is InChI=1S/C8H11N3O2/c9-8-10-3-1-7(11-8)13-6-2-4-12-5-6/h1,3,6H,2,4-5H2,(H2,9,10,11). The second-order valence-electron chi connectivity index (χ2n) is 2.86. The van der Waals surface area contributed by atoms with Crippen LogP contribution in [0.15, 0.2) is 12.3 Å². The van der Waals surface area contributed by atoms with Gasteiger partial charge in [-0.3, -0.25) is 0 Å². The summed E-state index contributed by atoms with van der Waals surface area (Å²) in [6.45, 7) is 1.38. The van der Waals surface area contributed by atoms with Crippen LogP contribution in [0.1, 0.15) is 6.42 Å². The second-order valence-corrected chi connectivity index (χ2v) is 2.86. The Balaban J connectivity index is 2.00. The average Bonchev–Trinajstić information content (AvgIpc) is 2.57. The maximum Gasteiger partial charge on any atom is 0.223 e. The Kier molecular flexibility index (Phi) is 2.27. The molecule has 70 valence electrons. The highest BCUT2D eigenvalue weighted by atomic mass is 16.5. The van der Waals surface area contributed by atoms with Crippen molar-refractivity contribution in [3.05, 3.63) is 12.3 Å². The first-order valence-electron chi connectivity index (χ1n) is 4.17. The molecule has 1 fully saturated rings. The van der Waals surface area contributed by atoms with Gasteiger partial charge < -0.3 is 15.2 Å². The van der Waals surface area contributed by atoms with E-state index in [-0.39, 0.29) is 12.1 Å². The molecule has 0 amide bonds. The van der Waals surface area contributed by atoms with Gasteiger partial charge in [0.2, 0.25) is 11.8 Å². The summed E-state index contributed by atoms with van der Waals surface area (Å²) in [4.78, 5) is 7.70. The van der Waals surface area contributed by atoms with E-state index in [0.717, 1.165) is 13.0 Å². The first kappa shape index (κ1) is 8.25. The van der Waals surface area contributed by atoms with Gasteiger partial charge in [0.05, 0.1) is 13.2 Å². The lowest BCUT2D eigenvalue weighted by Crippen LogP contribution is -2.16. The van der Waals surface area contributed by atoms with Crippen LogP contribution in [0.4, 0.5) is 5.95 Å². The third-order valence-electron chi connectivity index (χ3n) is 1.82. The van der Waals surface area contributed by atoms with Gasteiger partial charge in [0.15, 0.2) is 0 Å². The molecule has 0 spiro atoms. The van der Waals surface area contributed by atoms with Crippen molar-refractivity contribution >= 4 is 5.95 Å². The maximum atomic E-state index is 5.50. The van der Waals surface area contributed by atoms with E-state index < -0.39 is 0 Å². The van der Waals surface area contributed by atoms with Crippen molar-refractivity contribution < 1.29 is 9.47 Å². The smallest absolute Gasteiger partial charge is 0.223 e. The van der Waals surface area contributed by atoms with Crippen molar-refractivity contribution in [1.82, 2.24) is 9.97 Å². The van der Waals surface area contributed by atoms with Gasteiger partial charge in [-0.1, -0.05) is 0 Å². The molecule has 1 aliphatic rings. The number of hydrogen-bond acceptors (Lipinski definition) is 5. The van der Waals surface area contributed by atoms with Crippen LogP contribution in [0.25, 0.3) is 0 Å². The van der Waals surface area contributed by atoms with Crippen LogP contribution in [0.5, 0.6) is 5.88 Å². The minimum atomic E-state index is 0.106. The van der Waals surface area contributed by atoms with Crippen molar-refractivity contribution in [3.8, 4) is 5.88 Å². The zero-order valence-corrected chi connectivity index (χ0v) is 7.14. The van der Waals surface area contributed by atoms with E-state index in [1.807, 2.05) is 0 Å². The Bertz CT molecular complexity index is 286. The molecule has 5 nitrogen and oxygen atoms in total. The topological polar surface area (TPSA) is 70.3 Å². The molecule has 0 saturated carbocycles. The maximum absolute atomic E-state index is 5.50. The summed E-state index contributed by atoms with van der Waals surface area (Å²) in [6, 6.07) is 1.69. The lowest BCUT2D eigenvalue weighted by molar-refractivity contribution is 0.138. The molecule has 5 heteroatoms. The minimum Gasteiger partial charge on any atom is -0.472 e. The number of anilines is 1. The van der Waals surface area contributed by atoms with E-state index in [1.165, 1.54) is 0 Å². The van der Waals surface area contributed by atoms with Crippen molar-refractivity contribution in [3.63, 3.8) is 0 Å². The Morgan fingerprint density at radius 3 is 3.23 bits per heavy atom. The summed E-state index contributed by atoms with van der Waals surface area (Å²) < 4.78 is 10.7. The van der Waals surface area contributed by atoms with E-state index in [1.54, 1.807) is 12.3 Å². The van der Waals surface area contributed by atoms with Crippen LogP contribution in [0.3, 0.4) is 0 Å². The summed E-state index contributed by atoms with van der Waals surface area (Å²) in [5.74, 6) is 0.749. The highest BCUT2D eigenvalue weighted by molar-refractivity contribution is 5.20. The Hall–Kier alpha value is -1.36. The van der Waals surface area contributed by atoms with Crippen LogP contribution in [0.2, 0.25) is 0 Å². The zero-order chi connectivity index (χ0) is 9.10. The molecule has 13 heavy (non-hydrogen) atoms. The fourth-order valence-electron chi connectivity index (χ4n) is 1.20. The largest absolute Gasteiger partial charge is 0.472 e. The van der Waals surface area contributed by atoms with Crippen molar-refractivity contribution in [2.24, 2.45) is 0 Å². The molecule has 0 aromatic carbocycles. The van der Waals surface area contributed by atoms with E-state index >= 15 is 0 Å². The van der Waals surface area contributed by atoms with Gasteiger partial charge in [-0.2, -0.15) is 4.98 Å². The van der Waals surface area contributed by atoms with E-state index in [9.17, 15) is 0 Å². The summed E-state index contributed by atoms with van der Waals surface area (Å²) >= 11 is 0. The number of nitrogens with zero attached hydrogens (tertiary/aromatic N) is 2. The highest BCUT2D eigenvalue weighted by Gasteiger charge is 2.17. The quantitative estimate of drug-likeness (QED) is 0.707. The fourth-order valence-corrected chi connectivity index (χ4v) is 1.20. The monoisotopic (exact) mass is 181 g/mol. The fraction of sp³-hybridized carbons (Fsp3) is 0.500. The summed E-state index contributed by atoms with van der Waals surface area (Å²) in [7, 11) is 0. The molecular weight excluding hydrogens is 170 g/mol. The summed E-state index contributed by atoms with van der Waals surface area (Å²) in [6.07, 6.45) is 2.59. The number of nitrogens with two attached hydrogens (primary N) is 1. The molecule has 2 N–H and O–H groups in total. The molecular formula is C8H11N3O2. The van der Waals surface area contributed by atoms with Crippen molar-refractivity contribution in [1.29, 1.82) is 0 Å². The van der Waals surface area contributed by atoms with Gasteiger partial charge in [-0.05, 0) is 0 Å². The highest BCUT2D eigenvalue weighted by Crippen LogP contribution is 2.13. The lowest BCUT2D eigenvalue weighted by Gasteiger charge is -2.09. The number of nitrogen functional groups attached to an aromatic ring is 1. The van der Waals surface area contributed by atoms with Crippen LogP contribution in [-0.2, 0) is 4.74 Å². The van der Waals surface area contributed by atoms with Gasteiger partial charge in [0.1, 0.15) is 6.10 Å². The number of hydrogen-bond donors (Lipinski definition) is 1. The van der Waals surface area contributed by atoms with Gasteiger partial charge in [-0.25, -0.2) is 4.98 Å². The third kappa shape index (κ3) is 2.06. The number of ether oxygens (including phenoxy) is 2. The number of rotatable bonds is 2. The van der Waals surface area contributed by atoms with E-state index in [0.29, 0.717) is 12.5 Å². The molecule has 1 aliphatic heterocycles. The molecule has 1 atom stereocenters. The normalized spacial score (nSPS) is 21.7. The first-order chi connectivity index (χ1) is 6.34. The van der Waals surface area contributed by atoms with Gasteiger partial charge >= 0.3 is 0 Å². The first-order valence-corrected chi connectivity index (χ1v) is 4.17. The molecule has 0 radical (unpaired) electrons. The Labute approximate surface area is 75.9 Å². The minimum absolute atomic E-state index is 0.106. The van der Waals surface area contributed by atoms with Crippen LogP contribution in [0, 0.1) is 0 Å². The van der Waals surface area contributed by atoms with E-state index in [2.05, 4.69) is 9.97 Å². The molecule has 2 rings (SSSR count). The average molecular weight is 181 g/mol. The molecule has 0 aliphatic carbocycles. The van der Waals surface area contributed by atoms with Crippen molar-refractivity contribution in [2.45, 2.75) is 12.5 Å². The van der Waals surface area contributed by atoms with Gasteiger partial charge in [0.25, 0.3) is 0 Å². The second kappa shape index (κ2) is 3.57. The molecule has 1 aromatic heterocycles. The Morgan fingerprint density at radius 2 is 2.54 bits per heavy atom. The zero-order valence-electron chi connectivity index (χ0n) is 7.14. The molecule has 1 unspecified atom stereocenters. The van der Waals surface area contributed by atoms with Crippen LogP contribution in [-0.4, -0.2) is 29.3 Å². The molecule has 1 saturated heterocycles. The van der Waals surface area contributed by atoms with Gasteiger partial charge in [-0.15, -0.1) is 0 Å². The molecule has 1 aromatic rings. The van der Waals surface area contributed by atoms with Crippen LogP contribution < -0.4 is 10.5 Å². The molecule has 2 heterocycles. The lowest BCUT2D eigenvalue weighted by atomic mass is 10.3. The Morgan fingerprint density at radius 1 is 1.62 bits per heavy atom. The molecule has 0 bridgehead atoms. The SMILES string of the molecule is Nc1nccc(OC2CCOC2)n1. The summed E-state index contributed by atoms with van der Waals surface area (Å²) in [5, 5.41) is 0. The van der Waals surface area contributed by atoms with Crippen LogP contribution >= 0.6 is 0 Å². The predicted molar refractivity (Wildman–Crippen MR) is 46.3 cm³/mol. The summed E-state index contributed by atoms with van der Waals surface area (Å²) in [5.41, 5.74) is 5.40. The number of aromatic nitrogens is 2.